The van der Waals surface area contributed by atoms with Crippen molar-refractivity contribution in [3.63, 3.8) is 0 Å². The molecule has 1 fully saturated rings. The van der Waals surface area contributed by atoms with Crippen molar-refractivity contribution < 1.29 is 14.3 Å². The summed E-state index contributed by atoms with van der Waals surface area (Å²) in [6.07, 6.45) is 7.78. The van der Waals surface area contributed by atoms with Gasteiger partial charge in [0.2, 0.25) is 5.91 Å². The van der Waals surface area contributed by atoms with Crippen molar-refractivity contribution in [2.75, 3.05) is 19.8 Å². The molecule has 0 saturated heterocycles. The van der Waals surface area contributed by atoms with Gasteiger partial charge in [0.15, 0.2) is 0 Å². The van der Waals surface area contributed by atoms with Gasteiger partial charge in [0.25, 0.3) is 0 Å². The van der Waals surface area contributed by atoms with Gasteiger partial charge in [-0.25, -0.2) is 0 Å². The van der Waals surface area contributed by atoms with Crippen LogP contribution in [-0.4, -0.2) is 31.4 Å². The number of carbonyl (C=O) groups is 2. The second kappa shape index (κ2) is 12.5. The molecule has 0 atom stereocenters. The van der Waals surface area contributed by atoms with Crippen LogP contribution in [0.5, 0.6) is 0 Å². The Morgan fingerprint density at radius 3 is 2.28 bits per heavy atom. The van der Waals surface area contributed by atoms with Crippen LogP contribution in [-0.2, 0) is 14.3 Å². The topological polar surface area (TPSA) is 55.4 Å². The maximum atomic E-state index is 12.2. The van der Waals surface area contributed by atoms with Crippen LogP contribution in [0.1, 0.15) is 79.1 Å². The van der Waals surface area contributed by atoms with E-state index in [1.54, 1.807) is 0 Å². The summed E-state index contributed by atoms with van der Waals surface area (Å²) in [4.78, 5) is 23.8. The molecule has 0 unspecified atom stereocenters. The van der Waals surface area contributed by atoms with Gasteiger partial charge in [0.1, 0.15) is 5.78 Å². The van der Waals surface area contributed by atoms with E-state index in [9.17, 15) is 9.59 Å². The van der Waals surface area contributed by atoms with Crippen LogP contribution >= 0.6 is 0 Å². The van der Waals surface area contributed by atoms with Crippen molar-refractivity contribution in [1.29, 1.82) is 0 Å². The lowest BCUT2D eigenvalue weighted by atomic mass is 9.82. The van der Waals surface area contributed by atoms with Gasteiger partial charge in [-0.1, -0.05) is 34.1 Å². The van der Waals surface area contributed by atoms with E-state index in [-0.39, 0.29) is 17.7 Å². The third kappa shape index (κ3) is 9.98. The minimum absolute atomic E-state index is 0.144. The molecule has 0 aromatic heterocycles. The first-order valence-corrected chi connectivity index (χ1v) is 10.3. The second-order valence-electron chi connectivity index (χ2n) is 8.37. The summed E-state index contributed by atoms with van der Waals surface area (Å²) in [7, 11) is 0. The molecule has 0 spiro atoms. The molecule has 1 amide bonds. The fraction of sp³-hybridized carbons (Fsp3) is 0.905. The Morgan fingerprint density at radius 2 is 1.68 bits per heavy atom. The van der Waals surface area contributed by atoms with Gasteiger partial charge in [0, 0.05) is 38.0 Å². The number of ketones is 1. The Labute approximate surface area is 154 Å². The van der Waals surface area contributed by atoms with Crippen LogP contribution in [0.15, 0.2) is 0 Å². The van der Waals surface area contributed by atoms with E-state index in [4.69, 9.17) is 4.74 Å². The number of carbonyl (C=O) groups excluding carboxylic acids is 2. The summed E-state index contributed by atoms with van der Waals surface area (Å²) in [5.41, 5.74) is 0. The highest BCUT2D eigenvalue weighted by Gasteiger charge is 2.26. The molecule has 4 nitrogen and oxygen atoms in total. The maximum Gasteiger partial charge on any atom is 0.223 e. The van der Waals surface area contributed by atoms with E-state index in [1.165, 1.54) is 0 Å². The van der Waals surface area contributed by atoms with Crippen LogP contribution in [0.25, 0.3) is 0 Å². The van der Waals surface area contributed by atoms with Crippen LogP contribution in [0.2, 0.25) is 0 Å². The van der Waals surface area contributed by atoms with E-state index in [2.05, 4.69) is 19.2 Å². The maximum absolute atomic E-state index is 12.2. The quantitative estimate of drug-likeness (QED) is 0.530. The van der Waals surface area contributed by atoms with Crippen LogP contribution in [0.3, 0.4) is 0 Å². The molecule has 0 bridgehead atoms. The van der Waals surface area contributed by atoms with Crippen molar-refractivity contribution in [2.45, 2.75) is 79.1 Å². The van der Waals surface area contributed by atoms with Gasteiger partial charge in [-0.15, -0.1) is 0 Å². The zero-order valence-electron chi connectivity index (χ0n) is 16.8. The summed E-state index contributed by atoms with van der Waals surface area (Å²) < 4.78 is 5.74. The average molecular weight is 354 g/mol. The first-order valence-electron chi connectivity index (χ1n) is 10.3. The van der Waals surface area contributed by atoms with Crippen LogP contribution in [0.4, 0.5) is 0 Å². The van der Waals surface area contributed by atoms with Crippen molar-refractivity contribution >= 4 is 11.7 Å². The minimum Gasteiger partial charge on any atom is -0.381 e. The van der Waals surface area contributed by atoms with E-state index in [0.29, 0.717) is 24.0 Å². The van der Waals surface area contributed by atoms with Crippen LogP contribution < -0.4 is 5.32 Å². The average Bonchev–Trinajstić information content (AvgIpc) is 2.57. The third-order valence-electron chi connectivity index (χ3n) is 5.07. The summed E-state index contributed by atoms with van der Waals surface area (Å²) in [6.45, 7) is 10.7. The molecule has 0 aliphatic heterocycles. The molecule has 25 heavy (non-hydrogen) atoms. The highest BCUT2D eigenvalue weighted by Crippen LogP contribution is 2.29. The zero-order valence-corrected chi connectivity index (χ0v) is 16.8. The molecule has 0 heterocycles. The molecule has 1 rings (SSSR count). The Kier molecular flexibility index (Phi) is 11.0. The van der Waals surface area contributed by atoms with E-state index in [0.717, 1.165) is 64.7 Å². The van der Waals surface area contributed by atoms with Crippen molar-refractivity contribution in [3.8, 4) is 0 Å². The Bertz CT molecular complexity index is 385. The predicted molar refractivity (Wildman–Crippen MR) is 102 cm³/mol. The van der Waals surface area contributed by atoms with Gasteiger partial charge in [-0.3, -0.25) is 9.59 Å². The number of ether oxygens (including phenoxy) is 1. The van der Waals surface area contributed by atoms with Crippen molar-refractivity contribution in [1.82, 2.24) is 5.32 Å². The molecule has 1 N–H and O–H groups in total. The summed E-state index contributed by atoms with van der Waals surface area (Å²) in [6, 6.07) is 0. The summed E-state index contributed by atoms with van der Waals surface area (Å²) >= 11 is 0. The highest BCUT2D eigenvalue weighted by atomic mass is 16.5. The highest BCUT2D eigenvalue weighted by molar-refractivity contribution is 5.80. The molecule has 1 aliphatic carbocycles. The molecule has 4 heteroatoms. The minimum atomic E-state index is 0.144. The summed E-state index contributed by atoms with van der Waals surface area (Å²) in [5.74, 6) is 2.11. The molecule has 0 radical (unpaired) electrons. The second-order valence-corrected chi connectivity index (χ2v) is 8.37. The molecule has 0 aromatic carbocycles. The fourth-order valence-corrected chi connectivity index (χ4v) is 3.31. The first kappa shape index (κ1) is 22.1. The van der Waals surface area contributed by atoms with E-state index >= 15 is 0 Å². The normalized spacial score (nSPS) is 20.9. The molecule has 146 valence electrons. The van der Waals surface area contributed by atoms with E-state index < -0.39 is 0 Å². The smallest absolute Gasteiger partial charge is 0.223 e. The number of unbranched alkanes of at least 4 members (excludes halogenated alkanes) is 2. The lowest BCUT2D eigenvalue weighted by Gasteiger charge is -2.27. The number of amides is 1. The third-order valence-corrected chi connectivity index (χ3v) is 5.07. The monoisotopic (exact) mass is 353 g/mol. The van der Waals surface area contributed by atoms with Crippen molar-refractivity contribution in [3.05, 3.63) is 0 Å². The lowest BCUT2D eigenvalue weighted by Crippen LogP contribution is -2.34. The molecular formula is C21H39NO3. The number of nitrogens with one attached hydrogen (secondary N) is 1. The standard InChI is InChI=1S/C21H39NO3/c1-16(2)14-25-15-18-9-11-19(12-10-18)21(24)22-13-7-5-6-8-20(23)17(3)4/h16-19H,5-15H2,1-4H3,(H,22,24). The first-order chi connectivity index (χ1) is 11.9. The Hall–Kier alpha value is -0.900. The van der Waals surface area contributed by atoms with Gasteiger partial charge in [-0.2, -0.15) is 0 Å². The van der Waals surface area contributed by atoms with Gasteiger partial charge in [0.05, 0.1) is 0 Å². The number of hydrogen-bond acceptors (Lipinski definition) is 3. The molecule has 1 aliphatic rings. The lowest BCUT2D eigenvalue weighted by molar-refractivity contribution is -0.126. The Morgan fingerprint density at radius 1 is 1.00 bits per heavy atom. The van der Waals surface area contributed by atoms with Gasteiger partial charge < -0.3 is 10.1 Å². The molecule has 0 aromatic rings. The largest absolute Gasteiger partial charge is 0.381 e. The summed E-state index contributed by atoms with van der Waals surface area (Å²) in [5, 5.41) is 3.08. The van der Waals surface area contributed by atoms with Gasteiger partial charge in [-0.05, 0) is 50.4 Å². The van der Waals surface area contributed by atoms with Crippen molar-refractivity contribution in [2.24, 2.45) is 23.7 Å². The van der Waals surface area contributed by atoms with Gasteiger partial charge >= 0.3 is 0 Å². The number of hydrogen-bond donors (Lipinski definition) is 1. The Balaban J connectivity index is 2.04. The van der Waals surface area contributed by atoms with Crippen LogP contribution in [0, 0.1) is 23.7 Å². The number of Topliss-reactive ketones (excluding diaryl/α,β-unsaturated/α-hetero) is 1. The fourth-order valence-electron chi connectivity index (χ4n) is 3.31. The van der Waals surface area contributed by atoms with E-state index in [1.807, 2.05) is 13.8 Å². The zero-order chi connectivity index (χ0) is 18.7. The molecule has 1 saturated carbocycles. The SMILES string of the molecule is CC(C)COCC1CCC(C(=O)NCCCCCC(=O)C(C)C)CC1. The number of rotatable bonds is 12. The predicted octanol–water partition coefficient (Wildman–Crippen LogP) is 4.37. The molecular weight excluding hydrogens is 314 g/mol.